The maximum absolute atomic E-state index is 13.7. The third-order valence-electron chi connectivity index (χ3n) is 8.02. The number of nitrogens with zero attached hydrogens (tertiary/aromatic N) is 3. The standard InChI is InChI=1S/C27H38N6O2.ClH/c1-18-9-12-33(24-15-22-17-30-32(2)31-26(22)23(24)13-18)27(35)21-5-3-20(4-6-21)16-29-25(34)14-19-7-10-28-11-8-19;/h9,12-13,17,19-21,28,31H,3-8,10-11,14-16H2,1-2H3,(H,29,34);1H. The molecule has 0 spiro atoms. The maximum Gasteiger partial charge on any atom is 0.233 e. The molecule has 3 aliphatic heterocycles. The molecule has 3 N–H and O–H groups in total. The highest BCUT2D eigenvalue weighted by molar-refractivity contribution is 5.88. The van der Waals surface area contributed by atoms with Crippen LogP contribution in [-0.2, 0) is 9.59 Å². The number of hydrogen-bond donors (Lipinski definition) is 3. The molecule has 1 saturated carbocycles. The molecular weight excluding hydrogens is 476 g/mol. The van der Waals surface area contributed by atoms with Crippen molar-refractivity contribution in [1.82, 2.24) is 26.1 Å². The van der Waals surface area contributed by atoms with E-state index in [1.165, 1.54) is 0 Å². The molecule has 0 aromatic heterocycles. The van der Waals surface area contributed by atoms with Crippen molar-refractivity contribution in [3.63, 3.8) is 0 Å². The van der Waals surface area contributed by atoms with Gasteiger partial charge in [-0.25, -0.2) is 5.12 Å². The maximum atomic E-state index is 13.7. The number of allylic oxidation sites excluding steroid dienone is 4. The summed E-state index contributed by atoms with van der Waals surface area (Å²) >= 11 is 0. The molecule has 5 aliphatic rings. The molecule has 3 heterocycles. The lowest BCUT2D eigenvalue weighted by Crippen LogP contribution is -2.37. The molecule has 2 amide bonds. The second-order valence-corrected chi connectivity index (χ2v) is 10.6. The molecule has 0 atom stereocenters. The third kappa shape index (κ3) is 5.86. The number of rotatable bonds is 5. The fourth-order valence-corrected chi connectivity index (χ4v) is 5.89. The fourth-order valence-electron chi connectivity index (χ4n) is 5.89. The van der Waals surface area contributed by atoms with Crippen LogP contribution in [0, 0.1) is 17.8 Å². The van der Waals surface area contributed by atoms with Crippen LogP contribution in [-0.4, -0.2) is 54.7 Å². The lowest BCUT2D eigenvalue weighted by atomic mass is 9.81. The van der Waals surface area contributed by atoms with Gasteiger partial charge in [-0.3, -0.25) is 19.9 Å². The van der Waals surface area contributed by atoms with Gasteiger partial charge in [0.15, 0.2) is 0 Å². The molecule has 0 bridgehead atoms. The van der Waals surface area contributed by atoms with Gasteiger partial charge in [-0.2, -0.15) is 5.10 Å². The van der Waals surface area contributed by atoms with Crippen molar-refractivity contribution in [2.24, 2.45) is 22.9 Å². The Morgan fingerprint density at radius 1 is 1.11 bits per heavy atom. The van der Waals surface area contributed by atoms with E-state index in [-0.39, 0.29) is 30.1 Å². The Bertz CT molecular complexity index is 1020. The minimum atomic E-state index is 0. The summed E-state index contributed by atoms with van der Waals surface area (Å²) in [4.78, 5) is 28.0. The normalized spacial score (nSPS) is 26.0. The highest BCUT2D eigenvalue weighted by Gasteiger charge is 2.35. The van der Waals surface area contributed by atoms with Crippen LogP contribution in [0.25, 0.3) is 0 Å². The first kappa shape index (κ1) is 26.5. The number of carbonyl (C=O) groups excluding carboxylic acids is 2. The van der Waals surface area contributed by atoms with Gasteiger partial charge in [0.05, 0.1) is 11.9 Å². The predicted molar refractivity (Wildman–Crippen MR) is 144 cm³/mol. The first-order chi connectivity index (χ1) is 17.0. The van der Waals surface area contributed by atoms with Gasteiger partial charge in [0.1, 0.15) is 0 Å². The Labute approximate surface area is 220 Å². The molecule has 0 aromatic carbocycles. The van der Waals surface area contributed by atoms with E-state index in [1.54, 1.807) is 5.12 Å². The van der Waals surface area contributed by atoms with Crippen LogP contribution >= 0.6 is 12.4 Å². The van der Waals surface area contributed by atoms with Gasteiger partial charge in [-0.1, -0.05) is 0 Å². The van der Waals surface area contributed by atoms with Gasteiger partial charge in [-0.15, -0.1) is 12.4 Å². The Kier molecular flexibility index (Phi) is 8.57. The van der Waals surface area contributed by atoms with Crippen molar-refractivity contribution in [3.05, 3.63) is 46.5 Å². The quantitative estimate of drug-likeness (QED) is 0.523. The van der Waals surface area contributed by atoms with Crippen molar-refractivity contribution in [2.75, 3.05) is 26.7 Å². The number of hydrogen-bond acceptors (Lipinski definition) is 6. The zero-order valence-corrected chi connectivity index (χ0v) is 22.2. The van der Waals surface area contributed by atoms with Crippen molar-refractivity contribution >= 4 is 30.4 Å². The molecule has 9 heteroatoms. The Hall–Kier alpha value is -2.58. The summed E-state index contributed by atoms with van der Waals surface area (Å²) in [5.74, 6) is 1.38. The summed E-state index contributed by atoms with van der Waals surface area (Å²) in [6.45, 7) is 4.85. The zero-order valence-electron chi connectivity index (χ0n) is 21.4. The molecule has 2 fully saturated rings. The smallest absolute Gasteiger partial charge is 0.233 e. The second kappa shape index (κ2) is 11.6. The van der Waals surface area contributed by atoms with Crippen LogP contribution in [0.15, 0.2) is 51.6 Å². The number of piperidine rings is 1. The van der Waals surface area contributed by atoms with Crippen molar-refractivity contribution < 1.29 is 9.59 Å². The number of carbonyl (C=O) groups is 2. The molecule has 8 nitrogen and oxygen atoms in total. The van der Waals surface area contributed by atoms with Gasteiger partial charge in [0.25, 0.3) is 0 Å². The number of hydrazine groups is 1. The average Bonchev–Trinajstić information content (AvgIpc) is 3.11. The fraction of sp³-hybridized carbons (Fsp3) is 0.593. The Balaban J connectivity index is 0.00000304. The van der Waals surface area contributed by atoms with E-state index in [2.05, 4.69) is 34.2 Å². The van der Waals surface area contributed by atoms with Crippen LogP contribution in [0.4, 0.5) is 0 Å². The lowest BCUT2D eigenvalue weighted by Gasteiger charge is -2.31. The first-order valence-electron chi connectivity index (χ1n) is 13.2. The van der Waals surface area contributed by atoms with Gasteiger partial charge < -0.3 is 10.6 Å². The Morgan fingerprint density at radius 2 is 1.86 bits per heavy atom. The topological polar surface area (TPSA) is 89.1 Å². The molecule has 36 heavy (non-hydrogen) atoms. The van der Waals surface area contributed by atoms with E-state index in [0.717, 1.165) is 86.3 Å². The third-order valence-corrected chi connectivity index (χ3v) is 8.02. The van der Waals surface area contributed by atoms with Crippen molar-refractivity contribution in [2.45, 2.75) is 58.3 Å². The number of amides is 2. The van der Waals surface area contributed by atoms with Gasteiger partial charge >= 0.3 is 0 Å². The number of hydrazone groups is 1. The number of fused-ring (bicyclic) bond motifs is 1. The molecule has 0 aromatic rings. The average molecular weight is 515 g/mol. The molecule has 196 valence electrons. The van der Waals surface area contributed by atoms with E-state index < -0.39 is 0 Å². The summed E-state index contributed by atoms with van der Waals surface area (Å²) in [5.41, 5.74) is 8.73. The van der Waals surface area contributed by atoms with Crippen molar-refractivity contribution in [3.8, 4) is 0 Å². The highest BCUT2D eigenvalue weighted by Crippen LogP contribution is 2.39. The van der Waals surface area contributed by atoms with Crippen molar-refractivity contribution in [1.29, 1.82) is 0 Å². The predicted octanol–water partition coefficient (Wildman–Crippen LogP) is 3.37. The van der Waals surface area contributed by atoms with E-state index in [1.807, 2.05) is 30.4 Å². The minimum absolute atomic E-state index is 0. The molecule has 2 aliphatic carbocycles. The molecule has 5 rings (SSSR count). The summed E-state index contributed by atoms with van der Waals surface area (Å²) in [5, 5.41) is 12.6. The highest BCUT2D eigenvalue weighted by atomic mass is 35.5. The van der Waals surface area contributed by atoms with Crippen LogP contribution in [0.3, 0.4) is 0 Å². The molecular formula is C27H39ClN6O2. The van der Waals surface area contributed by atoms with Gasteiger partial charge in [0.2, 0.25) is 11.8 Å². The zero-order chi connectivity index (χ0) is 24.4. The first-order valence-corrected chi connectivity index (χ1v) is 13.2. The minimum Gasteiger partial charge on any atom is -0.356 e. The Morgan fingerprint density at radius 3 is 2.61 bits per heavy atom. The van der Waals surface area contributed by atoms with Gasteiger partial charge in [0, 0.05) is 55.4 Å². The van der Waals surface area contributed by atoms with E-state index >= 15 is 0 Å². The summed E-state index contributed by atoms with van der Waals surface area (Å²) < 4.78 is 0. The van der Waals surface area contributed by atoms with Crippen LogP contribution in [0.5, 0.6) is 0 Å². The summed E-state index contributed by atoms with van der Waals surface area (Å²) in [6, 6.07) is 0. The van der Waals surface area contributed by atoms with Crippen LogP contribution < -0.4 is 16.1 Å². The van der Waals surface area contributed by atoms with Crippen LogP contribution in [0.1, 0.15) is 58.3 Å². The van der Waals surface area contributed by atoms with E-state index in [4.69, 9.17) is 0 Å². The summed E-state index contributed by atoms with van der Waals surface area (Å²) in [7, 11) is 1.88. The number of halogens is 1. The second-order valence-electron chi connectivity index (χ2n) is 10.6. The van der Waals surface area contributed by atoms with E-state index in [0.29, 0.717) is 24.7 Å². The van der Waals surface area contributed by atoms with Gasteiger partial charge in [-0.05, 0) is 88.1 Å². The lowest BCUT2D eigenvalue weighted by molar-refractivity contribution is -0.132. The molecule has 1 saturated heterocycles. The largest absolute Gasteiger partial charge is 0.356 e. The monoisotopic (exact) mass is 514 g/mol. The SMILES string of the molecule is CC1=CC2=C(CC3=C2NN(C)N=C3)N(C(=O)C2CCC(CNC(=O)CC3CCNCC3)CC2)C=C1.Cl. The molecule has 0 radical (unpaired) electrons. The van der Waals surface area contributed by atoms with E-state index in [9.17, 15) is 9.59 Å². The van der Waals surface area contributed by atoms with Crippen LogP contribution in [0.2, 0.25) is 0 Å². The number of nitrogens with one attached hydrogen (secondary N) is 3. The molecule has 0 unspecified atom stereocenters. The summed E-state index contributed by atoms with van der Waals surface area (Å²) in [6.07, 6.45) is 15.3.